The summed E-state index contributed by atoms with van der Waals surface area (Å²) in [6.45, 7) is 0.0162. The summed E-state index contributed by atoms with van der Waals surface area (Å²) in [5, 5.41) is 10.1. The number of piperazine rings is 1. The molecule has 9 nitrogen and oxygen atoms in total. The van der Waals surface area contributed by atoms with Crippen LogP contribution in [0.15, 0.2) is 42.5 Å². The summed E-state index contributed by atoms with van der Waals surface area (Å²) in [5.41, 5.74) is 3.63. The maximum Gasteiger partial charge on any atom is 0.305 e. The fourth-order valence-electron chi connectivity index (χ4n) is 5.17. The molecule has 2 amide bonds. The Balaban J connectivity index is 1.49. The highest BCUT2D eigenvalue weighted by molar-refractivity contribution is 5.97. The predicted molar refractivity (Wildman–Crippen MR) is 116 cm³/mol. The predicted octanol–water partition coefficient (Wildman–Crippen LogP) is 2.06. The molecule has 0 bridgehead atoms. The summed E-state index contributed by atoms with van der Waals surface area (Å²) in [5.74, 6) is -0.192. The van der Waals surface area contributed by atoms with E-state index in [-0.39, 0.29) is 38.1 Å². The van der Waals surface area contributed by atoms with Crippen LogP contribution in [0.25, 0.3) is 10.9 Å². The quantitative estimate of drug-likeness (QED) is 0.633. The zero-order chi connectivity index (χ0) is 22.7. The van der Waals surface area contributed by atoms with Crippen molar-refractivity contribution in [1.82, 2.24) is 14.8 Å². The Morgan fingerprint density at radius 2 is 1.94 bits per heavy atom. The third-order valence-electron chi connectivity index (χ3n) is 6.65. The van der Waals surface area contributed by atoms with Gasteiger partial charge in [-0.05, 0) is 29.3 Å². The second-order valence-electron chi connectivity index (χ2n) is 8.50. The summed E-state index contributed by atoms with van der Waals surface area (Å²) in [6, 6.07) is 12.2. The molecule has 6 rings (SSSR count). The molecule has 1 aromatic heterocycles. The van der Waals surface area contributed by atoms with Gasteiger partial charge in [0.1, 0.15) is 6.04 Å². The molecule has 1 saturated heterocycles. The maximum absolute atomic E-state index is 13.4. The lowest BCUT2D eigenvalue weighted by Crippen LogP contribution is -2.63. The summed E-state index contributed by atoms with van der Waals surface area (Å²) in [6.07, 6.45) is 0.171. The first kappa shape index (κ1) is 19.7. The molecule has 2 atom stereocenters. The van der Waals surface area contributed by atoms with E-state index in [1.165, 1.54) is 4.90 Å². The number of carboxylic acid groups (broad SMARTS) is 1. The van der Waals surface area contributed by atoms with Gasteiger partial charge in [-0.15, -0.1) is 0 Å². The molecule has 33 heavy (non-hydrogen) atoms. The van der Waals surface area contributed by atoms with Crippen molar-refractivity contribution in [3.8, 4) is 11.5 Å². The number of carboxylic acids is 1. The highest BCUT2D eigenvalue weighted by atomic mass is 16.7. The van der Waals surface area contributed by atoms with Crippen LogP contribution in [-0.4, -0.2) is 63.6 Å². The van der Waals surface area contributed by atoms with Crippen molar-refractivity contribution in [2.75, 3.05) is 19.9 Å². The Kier molecular flexibility index (Phi) is 4.33. The number of aromatic nitrogens is 1. The summed E-state index contributed by atoms with van der Waals surface area (Å²) < 4.78 is 11.0. The number of hydrogen-bond donors (Lipinski definition) is 2. The monoisotopic (exact) mass is 447 g/mol. The number of ether oxygens (including phenoxy) is 2. The number of rotatable bonds is 4. The molecule has 3 aliphatic rings. The number of aliphatic carboxylic acids is 1. The van der Waals surface area contributed by atoms with E-state index in [0.29, 0.717) is 17.9 Å². The van der Waals surface area contributed by atoms with Crippen molar-refractivity contribution in [2.45, 2.75) is 24.9 Å². The molecule has 4 heterocycles. The van der Waals surface area contributed by atoms with E-state index in [4.69, 9.17) is 14.6 Å². The molecule has 0 aliphatic carbocycles. The number of nitrogens with zero attached hydrogens (tertiary/aromatic N) is 2. The van der Waals surface area contributed by atoms with Crippen LogP contribution in [0.1, 0.15) is 29.3 Å². The molecule has 3 aromatic rings. The lowest BCUT2D eigenvalue weighted by atomic mass is 9.86. The van der Waals surface area contributed by atoms with E-state index < -0.39 is 18.1 Å². The van der Waals surface area contributed by atoms with E-state index in [1.54, 1.807) is 4.90 Å². The molecule has 9 heteroatoms. The average Bonchev–Trinajstić information content (AvgIpc) is 3.43. The van der Waals surface area contributed by atoms with Gasteiger partial charge < -0.3 is 29.4 Å². The van der Waals surface area contributed by atoms with Crippen molar-refractivity contribution in [1.29, 1.82) is 0 Å². The average molecular weight is 447 g/mol. The SMILES string of the molecule is O=C(O)CCN1CC(=O)N2[C@H](c3ccc4c(c3)OCO4)c3[nH]c4ccccc4c3C[C@H]2C1=O. The lowest BCUT2D eigenvalue weighted by Gasteiger charge is -2.47. The Hall–Kier alpha value is -4.01. The highest BCUT2D eigenvalue weighted by Crippen LogP contribution is 2.44. The first-order chi connectivity index (χ1) is 16.0. The van der Waals surface area contributed by atoms with Gasteiger partial charge >= 0.3 is 5.97 Å². The molecule has 168 valence electrons. The number of H-pyrrole nitrogens is 1. The number of carbonyl (C=O) groups is 3. The highest BCUT2D eigenvalue weighted by Gasteiger charge is 2.48. The van der Waals surface area contributed by atoms with Gasteiger partial charge in [0, 0.05) is 29.6 Å². The number of fused-ring (bicyclic) bond motifs is 5. The van der Waals surface area contributed by atoms with Crippen molar-refractivity contribution < 1.29 is 29.0 Å². The molecule has 2 N–H and O–H groups in total. The third-order valence-corrected chi connectivity index (χ3v) is 6.65. The third kappa shape index (κ3) is 3.03. The van der Waals surface area contributed by atoms with Gasteiger partial charge in [-0.25, -0.2) is 0 Å². The van der Waals surface area contributed by atoms with E-state index >= 15 is 0 Å². The molecule has 0 unspecified atom stereocenters. The zero-order valence-electron chi connectivity index (χ0n) is 17.6. The van der Waals surface area contributed by atoms with Crippen LogP contribution in [0.4, 0.5) is 0 Å². The number of aromatic amines is 1. The number of carbonyl (C=O) groups excluding carboxylic acids is 2. The van der Waals surface area contributed by atoms with Crippen molar-refractivity contribution in [3.05, 3.63) is 59.3 Å². The van der Waals surface area contributed by atoms with Crippen molar-refractivity contribution in [2.24, 2.45) is 0 Å². The summed E-state index contributed by atoms with van der Waals surface area (Å²) in [7, 11) is 0. The van der Waals surface area contributed by atoms with Gasteiger partial charge in [0.25, 0.3) is 0 Å². The molecule has 0 spiro atoms. The van der Waals surface area contributed by atoms with E-state index in [0.717, 1.165) is 27.7 Å². The number of amides is 2. The fourth-order valence-corrected chi connectivity index (χ4v) is 5.17. The van der Waals surface area contributed by atoms with Crippen LogP contribution in [0.2, 0.25) is 0 Å². The summed E-state index contributed by atoms with van der Waals surface area (Å²) in [4.78, 5) is 44.4. The second kappa shape index (κ2) is 7.26. The minimum Gasteiger partial charge on any atom is -0.481 e. The molecule has 2 aromatic carbocycles. The van der Waals surface area contributed by atoms with Gasteiger partial charge in [0.2, 0.25) is 18.6 Å². The van der Waals surface area contributed by atoms with Crippen LogP contribution >= 0.6 is 0 Å². The molecule has 3 aliphatic heterocycles. The topological polar surface area (TPSA) is 112 Å². The zero-order valence-corrected chi connectivity index (χ0v) is 17.6. The number of para-hydroxylation sites is 1. The van der Waals surface area contributed by atoms with Gasteiger partial charge in [-0.1, -0.05) is 24.3 Å². The van der Waals surface area contributed by atoms with Crippen LogP contribution in [0.5, 0.6) is 11.5 Å². The largest absolute Gasteiger partial charge is 0.481 e. The Labute approximate surface area is 188 Å². The smallest absolute Gasteiger partial charge is 0.305 e. The summed E-state index contributed by atoms with van der Waals surface area (Å²) >= 11 is 0. The minimum absolute atomic E-state index is 0.0136. The number of benzene rings is 2. The van der Waals surface area contributed by atoms with Gasteiger partial charge in [0.15, 0.2) is 11.5 Å². The van der Waals surface area contributed by atoms with Gasteiger partial charge in [-0.3, -0.25) is 14.4 Å². The van der Waals surface area contributed by atoms with Crippen LogP contribution < -0.4 is 9.47 Å². The van der Waals surface area contributed by atoms with Crippen molar-refractivity contribution >= 4 is 28.7 Å². The van der Waals surface area contributed by atoms with Crippen LogP contribution in [0, 0.1) is 0 Å². The van der Waals surface area contributed by atoms with Gasteiger partial charge in [-0.2, -0.15) is 0 Å². The first-order valence-electron chi connectivity index (χ1n) is 10.8. The molecular weight excluding hydrogens is 426 g/mol. The second-order valence-corrected chi connectivity index (χ2v) is 8.50. The van der Waals surface area contributed by atoms with E-state index in [2.05, 4.69) is 4.98 Å². The maximum atomic E-state index is 13.4. The normalized spacial score (nSPS) is 21.3. The number of hydrogen-bond acceptors (Lipinski definition) is 5. The lowest BCUT2D eigenvalue weighted by molar-refractivity contribution is -0.159. The van der Waals surface area contributed by atoms with Gasteiger partial charge in [0.05, 0.1) is 19.0 Å². The molecule has 0 radical (unpaired) electrons. The van der Waals surface area contributed by atoms with Crippen molar-refractivity contribution in [3.63, 3.8) is 0 Å². The van der Waals surface area contributed by atoms with E-state index in [9.17, 15) is 14.4 Å². The molecule has 1 fully saturated rings. The van der Waals surface area contributed by atoms with Crippen LogP contribution in [-0.2, 0) is 20.8 Å². The standard InChI is InChI=1S/C24H21N3O6/c28-20-11-26(8-7-21(29)30)24(31)17-10-15-14-3-1-2-4-16(14)25-22(15)23(27(17)20)13-5-6-18-19(9-13)33-12-32-18/h1-6,9,17,23,25H,7-8,10-12H2,(H,29,30)/t17-,23+/m0/s1. The Morgan fingerprint density at radius 1 is 1.12 bits per heavy atom. The minimum atomic E-state index is -1.00. The molecular formula is C24H21N3O6. The molecule has 0 saturated carbocycles. The van der Waals surface area contributed by atoms with E-state index in [1.807, 2.05) is 42.5 Å². The number of nitrogens with one attached hydrogen (secondary N) is 1. The Bertz CT molecular complexity index is 1310. The fraction of sp³-hybridized carbons (Fsp3) is 0.292. The first-order valence-corrected chi connectivity index (χ1v) is 10.8. The van der Waals surface area contributed by atoms with Crippen LogP contribution in [0.3, 0.4) is 0 Å². The Morgan fingerprint density at radius 3 is 2.79 bits per heavy atom.